The summed E-state index contributed by atoms with van der Waals surface area (Å²) in [5, 5.41) is 12.0. The zero-order valence-electron chi connectivity index (χ0n) is 12.4. The van der Waals surface area contributed by atoms with Crippen LogP contribution in [0.4, 0.5) is 10.3 Å². The average molecular weight is 307 g/mol. The van der Waals surface area contributed by atoms with Crippen molar-refractivity contribution in [1.29, 1.82) is 0 Å². The number of nitrogens with two attached hydrogens (primary N) is 1. The van der Waals surface area contributed by atoms with Crippen LogP contribution in [0.3, 0.4) is 0 Å². The van der Waals surface area contributed by atoms with Gasteiger partial charge in [-0.25, -0.2) is 0 Å². The van der Waals surface area contributed by atoms with E-state index in [1.165, 1.54) is 16.9 Å². The number of benzene rings is 1. The quantitative estimate of drug-likeness (QED) is 0.727. The molecule has 0 atom stereocenters. The molecule has 21 heavy (non-hydrogen) atoms. The number of hydrogen-bond donors (Lipinski definition) is 2. The molecule has 0 saturated carbocycles. The average Bonchev–Trinajstić information content (AvgIpc) is 2.84. The van der Waals surface area contributed by atoms with Gasteiger partial charge < -0.3 is 20.7 Å². The summed E-state index contributed by atoms with van der Waals surface area (Å²) in [5.41, 5.74) is 6.76. The Morgan fingerprint density at radius 2 is 2.19 bits per heavy atom. The maximum atomic E-state index is 5.76. The molecule has 0 saturated heterocycles. The minimum absolute atomic E-state index is 0.478. The first-order valence-electron chi connectivity index (χ1n) is 6.83. The number of nitrogen functional groups attached to an aromatic ring is 1. The predicted octanol–water partition coefficient (Wildman–Crippen LogP) is 2.06. The van der Waals surface area contributed by atoms with Gasteiger partial charge in [0, 0.05) is 13.1 Å². The van der Waals surface area contributed by atoms with Crippen molar-refractivity contribution in [2.75, 3.05) is 38.3 Å². The number of nitrogens with zero attached hydrogens (tertiary/aromatic N) is 3. The van der Waals surface area contributed by atoms with Crippen LogP contribution in [0.25, 0.3) is 0 Å². The lowest BCUT2D eigenvalue weighted by Gasteiger charge is -2.11. The van der Waals surface area contributed by atoms with Gasteiger partial charge in [0.2, 0.25) is 10.3 Å². The van der Waals surface area contributed by atoms with Crippen LogP contribution in [0, 0.1) is 0 Å². The standard InChI is InChI=1S/C14H21N5OS/c1-19(2)10-11-5-3-6-12(9-11)20-8-4-7-16-14-18-17-13(15)21-14/h3,5-6,9H,4,7-8,10H2,1-2H3,(H2,15,17)(H,16,18). The lowest BCUT2D eigenvalue weighted by atomic mass is 10.2. The van der Waals surface area contributed by atoms with Crippen LogP contribution >= 0.6 is 11.3 Å². The lowest BCUT2D eigenvalue weighted by molar-refractivity contribution is 0.314. The third kappa shape index (κ3) is 5.57. The Hall–Kier alpha value is -1.86. The molecule has 0 aliphatic rings. The summed E-state index contributed by atoms with van der Waals surface area (Å²) in [6.45, 7) is 2.36. The number of nitrogens with one attached hydrogen (secondary N) is 1. The molecule has 0 aliphatic carbocycles. The van der Waals surface area contributed by atoms with Crippen LogP contribution in [0.1, 0.15) is 12.0 Å². The smallest absolute Gasteiger partial charge is 0.207 e. The number of hydrogen-bond acceptors (Lipinski definition) is 7. The van der Waals surface area contributed by atoms with Gasteiger partial charge in [-0.1, -0.05) is 23.5 Å². The minimum atomic E-state index is 0.478. The molecule has 2 aromatic rings. The molecule has 0 unspecified atom stereocenters. The molecule has 1 heterocycles. The number of rotatable bonds is 8. The van der Waals surface area contributed by atoms with E-state index in [1.807, 2.05) is 12.1 Å². The van der Waals surface area contributed by atoms with E-state index < -0.39 is 0 Å². The van der Waals surface area contributed by atoms with Crippen LogP contribution in [0.15, 0.2) is 24.3 Å². The largest absolute Gasteiger partial charge is 0.494 e. The van der Waals surface area contributed by atoms with Crippen LogP contribution < -0.4 is 15.8 Å². The van der Waals surface area contributed by atoms with Crippen molar-refractivity contribution in [3.05, 3.63) is 29.8 Å². The molecule has 6 nitrogen and oxygen atoms in total. The number of anilines is 2. The maximum Gasteiger partial charge on any atom is 0.207 e. The van der Waals surface area contributed by atoms with Gasteiger partial charge in [-0.2, -0.15) is 0 Å². The Balaban J connectivity index is 1.68. The second kappa shape index (κ2) is 7.80. The van der Waals surface area contributed by atoms with Crippen LogP contribution in [0.5, 0.6) is 5.75 Å². The van der Waals surface area contributed by atoms with Crippen molar-refractivity contribution in [1.82, 2.24) is 15.1 Å². The summed E-state index contributed by atoms with van der Waals surface area (Å²) in [5.74, 6) is 0.912. The predicted molar refractivity (Wildman–Crippen MR) is 86.8 cm³/mol. The second-order valence-electron chi connectivity index (χ2n) is 4.96. The van der Waals surface area contributed by atoms with Gasteiger partial charge in [-0.05, 0) is 38.2 Å². The van der Waals surface area contributed by atoms with E-state index in [-0.39, 0.29) is 0 Å². The molecule has 1 aromatic carbocycles. The van der Waals surface area contributed by atoms with E-state index in [4.69, 9.17) is 10.5 Å². The molecule has 3 N–H and O–H groups in total. The van der Waals surface area contributed by atoms with E-state index in [1.54, 1.807) is 0 Å². The van der Waals surface area contributed by atoms with Gasteiger partial charge in [-0.15, -0.1) is 10.2 Å². The molecule has 0 fully saturated rings. The lowest BCUT2D eigenvalue weighted by Crippen LogP contribution is -2.11. The molecule has 0 amide bonds. The summed E-state index contributed by atoms with van der Waals surface area (Å²) in [6, 6.07) is 8.20. The second-order valence-corrected chi connectivity index (χ2v) is 5.97. The third-order valence-corrected chi connectivity index (χ3v) is 3.41. The Morgan fingerprint density at radius 1 is 1.33 bits per heavy atom. The molecule has 0 bridgehead atoms. The third-order valence-electron chi connectivity index (χ3n) is 2.70. The van der Waals surface area contributed by atoms with Crippen molar-refractivity contribution in [3.8, 4) is 5.75 Å². The molecule has 7 heteroatoms. The Kier molecular flexibility index (Phi) is 5.77. The van der Waals surface area contributed by atoms with Crippen LogP contribution in [0.2, 0.25) is 0 Å². The molecular weight excluding hydrogens is 286 g/mol. The van der Waals surface area contributed by atoms with Crippen molar-refractivity contribution >= 4 is 21.6 Å². The number of ether oxygens (including phenoxy) is 1. The Morgan fingerprint density at radius 3 is 2.90 bits per heavy atom. The highest BCUT2D eigenvalue weighted by atomic mass is 32.1. The fourth-order valence-corrected chi connectivity index (χ4v) is 2.40. The van der Waals surface area contributed by atoms with Gasteiger partial charge in [0.05, 0.1) is 6.61 Å². The number of aromatic nitrogens is 2. The van der Waals surface area contributed by atoms with E-state index in [0.717, 1.165) is 30.4 Å². The molecular formula is C14H21N5OS. The van der Waals surface area contributed by atoms with Crippen LogP contribution in [-0.4, -0.2) is 42.3 Å². The van der Waals surface area contributed by atoms with Crippen molar-refractivity contribution in [2.24, 2.45) is 0 Å². The van der Waals surface area contributed by atoms with Gasteiger partial charge in [0.1, 0.15) is 5.75 Å². The summed E-state index contributed by atoms with van der Waals surface area (Å²) >= 11 is 1.35. The van der Waals surface area contributed by atoms with Crippen molar-refractivity contribution in [2.45, 2.75) is 13.0 Å². The first kappa shape index (κ1) is 15.5. The highest BCUT2D eigenvalue weighted by Gasteiger charge is 2.00. The van der Waals surface area contributed by atoms with E-state index >= 15 is 0 Å². The highest BCUT2D eigenvalue weighted by Crippen LogP contribution is 2.16. The zero-order chi connectivity index (χ0) is 15.1. The maximum absolute atomic E-state index is 5.76. The van der Waals surface area contributed by atoms with Gasteiger partial charge >= 0.3 is 0 Å². The summed E-state index contributed by atoms with van der Waals surface area (Å²) < 4.78 is 5.76. The minimum Gasteiger partial charge on any atom is -0.494 e. The summed E-state index contributed by atoms with van der Waals surface area (Å²) in [6.07, 6.45) is 0.886. The van der Waals surface area contributed by atoms with E-state index in [9.17, 15) is 0 Å². The topological polar surface area (TPSA) is 76.3 Å². The first-order chi connectivity index (χ1) is 10.1. The van der Waals surface area contributed by atoms with E-state index in [0.29, 0.717) is 11.7 Å². The van der Waals surface area contributed by atoms with Gasteiger partial charge in [-0.3, -0.25) is 0 Å². The van der Waals surface area contributed by atoms with Gasteiger partial charge in [0.15, 0.2) is 0 Å². The molecule has 1 aromatic heterocycles. The van der Waals surface area contributed by atoms with E-state index in [2.05, 4.69) is 46.6 Å². The molecule has 2 rings (SSSR count). The molecule has 0 radical (unpaired) electrons. The first-order valence-corrected chi connectivity index (χ1v) is 7.64. The van der Waals surface area contributed by atoms with Crippen LogP contribution in [-0.2, 0) is 6.54 Å². The Bertz CT molecular complexity index is 558. The zero-order valence-corrected chi connectivity index (χ0v) is 13.2. The Labute approximate surface area is 128 Å². The summed E-state index contributed by atoms with van der Waals surface area (Å²) in [7, 11) is 4.11. The summed E-state index contributed by atoms with van der Waals surface area (Å²) in [4.78, 5) is 2.14. The molecule has 0 spiro atoms. The molecule has 0 aliphatic heterocycles. The normalized spacial score (nSPS) is 10.8. The highest BCUT2D eigenvalue weighted by molar-refractivity contribution is 7.18. The monoisotopic (exact) mass is 307 g/mol. The van der Waals surface area contributed by atoms with Crippen molar-refractivity contribution in [3.63, 3.8) is 0 Å². The fourth-order valence-electron chi connectivity index (χ4n) is 1.86. The molecule has 114 valence electrons. The van der Waals surface area contributed by atoms with Crippen molar-refractivity contribution < 1.29 is 4.74 Å². The fraction of sp³-hybridized carbons (Fsp3) is 0.429. The SMILES string of the molecule is CN(C)Cc1cccc(OCCCNc2nnc(N)s2)c1. The van der Waals surface area contributed by atoms with Gasteiger partial charge in [0.25, 0.3) is 0 Å².